The number of hydrogen-bond donors (Lipinski definition) is 6. The molecule has 3 aromatic rings. The van der Waals surface area contributed by atoms with Crippen molar-refractivity contribution in [3.63, 3.8) is 0 Å². The summed E-state index contributed by atoms with van der Waals surface area (Å²) in [5, 5.41) is 28.9. The highest BCUT2D eigenvalue weighted by atomic mass is 16.8. The van der Waals surface area contributed by atoms with E-state index >= 15 is 0 Å². The minimum Gasteiger partial charge on any atom is -0.458 e. The zero-order valence-electron chi connectivity index (χ0n) is 77.3. The Bertz CT molecular complexity index is 3890. The van der Waals surface area contributed by atoms with Crippen LogP contribution >= 0.6 is 0 Å². The molecular weight excluding hydrogens is 1780 g/mol. The Hall–Kier alpha value is -8.85. The second-order valence-electron chi connectivity index (χ2n) is 32.1. The molecule has 0 radical (unpaired) electrons. The van der Waals surface area contributed by atoms with Crippen molar-refractivity contribution >= 4 is 53.5 Å². The molecule has 49 heteroatoms. The minimum atomic E-state index is -1.34. The lowest BCUT2D eigenvalue weighted by Gasteiger charge is -2.45. The molecule has 14 atom stereocenters. The van der Waals surface area contributed by atoms with Crippen molar-refractivity contribution in [1.29, 1.82) is 0 Å². The van der Waals surface area contributed by atoms with E-state index < -0.39 is 138 Å². The van der Waals surface area contributed by atoms with Crippen molar-refractivity contribution in [1.82, 2.24) is 56.7 Å². The van der Waals surface area contributed by atoms with Gasteiger partial charge < -0.3 is 159 Å². The minimum absolute atomic E-state index is 0.0145. The number of nitrogens with zero attached hydrogens (tertiary/aromatic N) is 6. The molecule has 7 N–H and O–H groups in total. The number of aromatic nitrogens is 6. The molecule has 6 aliphatic rings. The Balaban J connectivity index is 0.703. The van der Waals surface area contributed by atoms with Gasteiger partial charge in [0.15, 0.2) is 66.2 Å². The second-order valence-corrected chi connectivity index (χ2v) is 32.1. The first kappa shape index (κ1) is 109. The molecule has 6 bridgehead atoms. The van der Waals surface area contributed by atoms with E-state index in [-0.39, 0.29) is 210 Å². The fourth-order valence-electron chi connectivity index (χ4n) is 15.0. The van der Waals surface area contributed by atoms with Crippen LogP contribution in [0.4, 0.5) is 0 Å². The van der Waals surface area contributed by atoms with Gasteiger partial charge in [0.2, 0.25) is 17.7 Å². The zero-order valence-corrected chi connectivity index (χ0v) is 77.3. The predicted octanol–water partition coefficient (Wildman–Crippen LogP) is -2.07. The third kappa shape index (κ3) is 37.6. The van der Waals surface area contributed by atoms with Gasteiger partial charge in [-0.2, -0.15) is 0 Å². The van der Waals surface area contributed by atoms with Crippen LogP contribution in [-0.2, 0) is 209 Å². The number of hydrogen-bond acceptors (Lipinski definition) is 44. The number of carbonyl (C=O) groups is 9. The normalized spacial score (nSPS) is 24.3. The van der Waals surface area contributed by atoms with Crippen LogP contribution in [0.15, 0.2) is 54.6 Å². The Labute approximate surface area is 775 Å². The molecule has 0 spiro atoms. The molecule has 6 saturated heterocycles. The molecule has 0 unspecified atom stereocenters. The molecule has 3 amide bonds. The first-order valence-corrected chi connectivity index (χ1v) is 44.5. The van der Waals surface area contributed by atoms with Crippen LogP contribution in [0.1, 0.15) is 91.6 Å². The first-order valence-electron chi connectivity index (χ1n) is 44.5. The number of rotatable bonds is 71. The molecular formula is C85H132N12O37. The lowest BCUT2D eigenvalue weighted by atomic mass is 9.87. The number of fused-ring (bicyclic) bond motifs is 6. The van der Waals surface area contributed by atoms with E-state index in [1.54, 1.807) is 28.0 Å². The van der Waals surface area contributed by atoms with E-state index in [0.717, 1.165) is 5.56 Å². The van der Waals surface area contributed by atoms with E-state index in [4.69, 9.17) is 138 Å². The SMILES string of the molecule is CC(=O)N[C@H]1[C@@H]2OC[C@](COCCOCCOCCOCCn3cc(COCC(COC/C(=C/NCCOCCOCCOCCOC[C@]45CO[C@H](C[C@@H](OC(C)=O)[C@H]4OC(C)=O)O5)NN)(COCc4cn(CCOCCOCCOCCOC[C@@]56CO[C@H](O5)[C@H](NC(C)=O)[C@@H](OC(C)=O)[C@H]6OC(C)=O)nn4)NC(=O)CCCOCc4ccccc4)nn3)(O2)[C@H](OC(C)=O)[C@@H]1OC(C)=O. The second kappa shape index (κ2) is 58.7. The predicted molar refractivity (Wildman–Crippen MR) is 453 cm³/mol. The molecule has 134 heavy (non-hydrogen) atoms. The number of nitrogens with one attached hydrogen (secondary N) is 5. The smallest absolute Gasteiger partial charge is 0.303 e. The summed E-state index contributed by atoms with van der Waals surface area (Å²) in [4.78, 5) is 111. The number of amides is 3. The third-order valence-corrected chi connectivity index (χ3v) is 20.8. The van der Waals surface area contributed by atoms with E-state index in [1.807, 2.05) is 30.3 Å². The average molecular weight is 1910 g/mol. The van der Waals surface area contributed by atoms with Crippen LogP contribution in [0.2, 0.25) is 0 Å². The molecule has 6 fully saturated rings. The van der Waals surface area contributed by atoms with Crippen LogP contribution in [0.25, 0.3) is 0 Å². The summed E-state index contributed by atoms with van der Waals surface area (Å²) in [6.45, 7) is 16.2. The number of nitrogens with two attached hydrogens (primary N) is 1. The summed E-state index contributed by atoms with van der Waals surface area (Å²) in [5.74, 6) is 1.15. The van der Waals surface area contributed by atoms with Gasteiger partial charge in [-0.05, 0) is 12.0 Å². The highest BCUT2D eigenvalue weighted by Crippen LogP contribution is 2.43. The Morgan fingerprint density at radius 1 is 0.448 bits per heavy atom. The monoisotopic (exact) mass is 1910 g/mol. The summed E-state index contributed by atoms with van der Waals surface area (Å²) in [6, 6.07) is 7.80. The Morgan fingerprint density at radius 2 is 0.851 bits per heavy atom. The molecule has 6 aliphatic heterocycles. The maximum absolute atomic E-state index is 14.2. The first-order chi connectivity index (χ1) is 64.8. The standard InChI is InChI=1S/C85H132N12O37/c1-58(98)88-73-75(127-61(4)101)78(130-64(7)104)84(56-124-80(73)133-84)53-118-39-36-114-33-30-111-27-24-108-21-17-96-43-68(92-94-96)47-121-50-82(90-71(106)15-12-19-116-45-66-13-10-9-11-14-66,49-120-46-67(91-86)42-87-16-20-107-23-26-110-29-32-113-35-38-117-52-83-55-123-72(132-83)41-70(126-60(3)100)77(83)129-63(6)103)51-122-48-69-44-97(95-93-69)18-22-109-25-28-112-31-34-115-37-40-119-54-85-57-125-81(134-85)74(89-59(2)99)76(128-62(5)102)79(85)131-65(8)105/h9-11,13-14,42-44,70,72-81,87,91H,12,15-41,45-57,86H2,1-8H3,(H,88,98)(H,89,99)(H,90,106)/b67-42-/t70-,72+,73-,74-,75-,76-,77-,78-,79-,80-,81-,83+,84+,85+/m1/s1. The molecule has 8 heterocycles. The van der Waals surface area contributed by atoms with Crippen LogP contribution in [0.3, 0.4) is 0 Å². The molecule has 49 nitrogen and oxygen atoms in total. The van der Waals surface area contributed by atoms with Crippen molar-refractivity contribution in [2.75, 3.05) is 218 Å². The molecule has 9 rings (SSSR count). The maximum Gasteiger partial charge on any atom is 0.303 e. The molecule has 1 aromatic carbocycles. The van der Waals surface area contributed by atoms with Crippen LogP contribution < -0.4 is 32.5 Å². The fourth-order valence-corrected chi connectivity index (χ4v) is 15.0. The van der Waals surface area contributed by atoms with Gasteiger partial charge in [0.1, 0.15) is 35.1 Å². The Morgan fingerprint density at radius 3 is 1.28 bits per heavy atom. The van der Waals surface area contributed by atoms with Gasteiger partial charge >= 0.3 is 35.8 Å². The van der Waals surface area contributed by atoms with Gasteiger partial charge in [0, 0.05) is 87.6 Å². The molecule has 2 aromatic heterocycles. The fraction of sp³-hybridized carbons (Fsp3) is 0.753. The van der Waals surface area contributed by atoms with Gasteiger partial charge in [-0.3, -0.25) is 49.0 Å². The van der Waals surface area contributed by atoms with Crippen LogP contribution in [-0.4, -0.2) is 391 Å². The lowest BCUT2D eigenvalue weighted by molar-refractivity contribution is -0.251. The van der Waals surface area contributed by atoms with Crippen molar-refractivity contribution < 1.29 is 176 Å². The summed E-state index contributed by atoms with van der Waals surface area (Å²) in [5.41, 5.74) is -0.0689. The number of benzene rings is 1. The number of ether oxygens (including phenoxy) is 28. The topological polar surface area (TPSA) is 560 Å². The van der Waals surface area contributed by atoms with Crippen molar-refractivity contribution in [2.24, 2.45) is 5.84 Å². The quantitative estimate of drug-likeness (QED) is 0.0116. The highest BCUT2D eigenvalue weighted by Gasteiger charge is 2.66. The van der Waals surface area contributed by atoms with E-state index in [2.05, 4.69) is 47.3 Å². The molecule has 0 aliphatic carbocycles. The van der Waals surface area contributed by atoms with Gasteiger partial charge in [-0.25, -0.2) is 9.36 Å². The molecule has 0 saturated carbocycles. The summed E-state index contributed by atoms with van der Waals surface area (Å²) in [7, 11) is 0. The summed E-state index contributed by atoms with van der Waals surface area (Å²) in [6.07, 6.45) is -3.02. The van der Waals surface area contributed by atoms with Gasteiger partial charge in [-0.1, -0.05) is 40.8 Å². The third-order valence-electron chi connectivity index (χ3n) is 20.8. The van der Waals surface area contributed by atoms with Gasteiger partial charge in [0.25, 0.3) is 0 Å². The number of carbonyl (C=O) groups excluding carboxylic acids is 9. The van der Waals surface area contributed by atoms with Crippen LogP contribution in [0.5, 0.6) is 0 Å². The van der Waals surface area contributed by atoms with E-state index in [9.17, 15) is 43.2 Å². The largest absolute Gasteiger partial charge is 0.458 e. The maximum atomic E-state index is 14.2. The zero-order chi connectivity index (χ0) is 95.8. The van der Waals surface area contributed by atoms with Gasteiger partial charge in [-0.15, -0.1) is 10.2 Å². The highest BCUT2D eigenvalue weighted by molar-refractivity contribution is 5.77. The van der Waals surface area contributed by atoms with E-state index in [0.29, 0.717) is 82.8 Å². The number of hydrazine groups is 1. The average Bonchev–Trinajstić information content (AvgIpc) is 1.59. The van der Waals surface area contributed by atoms with Crippen molar-refractivity contribution in [3.05, 3.63) is 71.6 Å². The summed E-state index contributed by atoms with van der Waals surface area (Å²) < 4.78 is 167. The van der Waals surface area contributed by atoms with Gasteiger partial charge in [0.05, 0.1) is 256 Å². The summed E-state index contributed by atoms with van der Waals surface area (Å²) >= 11 is 0. The van der Waals surface area contributed by atoms with E-state index in [1.165, 1.54) is 55.4 Å². The number of esters is 6. The van der Waals surface area contributed by atoms with Crippen molar-refractivity contribution in [3.8, 4) is 0 Å². The molecule has 754 valence electrons. The lowest BCUT2D eigenvalue weighted by Crippen LogP contribution is -2.68. The van der Waals surface area contributed by atoms with Crippen molar-refractivity contribution in [2.45, 2.75) is 197 Å². The Kier molecular flexibility index (Phi) is 47.6. The van der Waals surface area contributed by atoms with Crippen LogP contribution in [0, 0.1) is 0 Å².